The van der Waals surface area contributed by atoms with Crippen molar-refractivity contribution in [3.05, 3.63) is 96.1 Å². The van der Waals surface area contributed by atoms with Gasteiger partial charge in [-0.25, -0.2) is 4.98 Å². The monoisotopic (exact) mass is 448 g/mol. The number of carbonyl (C=O) groups is 1. The number of nitrogens with one attached hydrogen (secondary N) is 1. The summed E-state index contributed by atoms with van der Waals surface area (Å²) < 4.78 is 41.2. The highest BCUT2D eigenvalue weighted by molar-refractivity contribution is 5.91. The lowest BCUT2D eigenvalue weighted by atomic mass is 9.96. The molecule has 0 aliphatic carbocycles. The van der Waals surface area contributed by atoms with Crippen LogP contribution in [0.5, 0.6) is 0 Å². The maximum absolute atomic E-state index is 13.7. The Morgan fingerprint density at radius 3 is 2.42 bits per heavy atom. The molecule has 33 heavy (non-hydrogen) atoms. The van der Waals surface area contributed by atoms with Crippen LogP contribution in [0, 0.1) is 6.92 Å². The minimum absolute atomic E-state index is 0.0453. The number of hydrogen-bond acceptors (Lipinski definition) is 4. The molecule has 0 unspecified atom stereocenters. The van der Waals surface area contributed by atoms with Gasteiger partial charge in [0.15, 0.2) is 0 Å². The smallest absolute Gasteiger partial charge is 0.310 e. The average molecular weight is 448 g/mol. The van der Waals surface area contributed by atoms with Crippen molar-refractivity contribution in [3.63, 3.8) is 0 Å². The normalized spacial score (nSPS) is 11.3. The Hall–Kier alpha value is -4.07. The molecule has 4 aromatic rings. The van der Waals surface area contributed by atoms with E-state index in [4.69, 9.17) is 0 Å². The summed E-state index contributed by atoms with van der Waals surface area (Å²) in [6, 6.07) is 15.9. The molecule has 3 aromatic heterocycles. The van der Waals surface area contributed by atoms with Crippen molar-refractivity contribution in [3.8, 4) is 22.4 Å². The molecule has 0 saturated carbocycles. The van der Waals surface area contributed by atoms with Gasteiger partial charge in [0.2, 0.25) is 5.91 Å². The van der Waals surface area contributed by atoms with Crippen molar-refractivity contribution in [2.75, 3.05) is 5.32 Å². The van der Waals surface area contributed by atoms with Crippen molar-refractivity contribution in [2.24, 2.45) is 0 Å². The Morgan fingerprint density at radius 1 is 0.909 bits per heavy atom. The first kappa shape index (κ1) is 22.1. The van der Waals surface area contributed by atoms with E-state index in [2.05, 4.69) is 20.3 Å². The second-order valence-corrected chi connectivity index (χ2v) is 7.44. The van der Waals surface area contributed by atoms with Gasteiger partial charge in [0.1, 0.15) is 5.82 Å². The summed E-state index contributed by atoms with van der Waals surface area (Å²) in [4.78, 5) is 24.9. The van der Waals surface area contributed by atoms with Gasteiger partial charge < -0.3 is 5.32 Å². The molecule has 4 rings (SSSR count). The number of nitrogens with zero attached hydrogens (tertiary/aromatic N) is 3. The molecule has 0 atom stereocenters. The summed E-state index contributed by atoms with van der Waals surface area (Å²) in [5, 5.41) is 2.62. The summed E-state index contributed by atoms with van der Waals surface area (Å²) in [6.07, 6.45) is -0.0743. The van der Waals surface area contributed by atoms with Gasteiger partial charge in [0.05, 0.1) is 17.7 Å². The maximum atomic E-state index is 13.7. The Balaban J connectivity index is 1.51. The quantitative estimate of drug-likeness (QED) is 0.424. The Morgan fingerprint density at radius 2 is 1.76 bits per heavy atom. The Kier molecular flexibility index (Phi) is 6.17. The lowest BCUT2D eigenvalue weighted by Crippen LogP contribution is -2.16. The lowest BCUT2D eigenvalue weighted by molar-refractivity contribution is -0.137. The largest absolute Gasteiger partial charge is 0.417 e. The second kappa shape index (κ2) is 9.20. The molecule has 0 bridgehead atoms. The highest BCUT2D eigenvalue weighted by atomic mass is 19.4. The van der Waals surface area contributed by atoms with Gasteiger partial charge in [-0.1, -0.05) is 18.2 Å². The van der Waals surface area contributed by atoms with E-state index in [0.717, 1.165) is 17.3 Å². The zero-order valence-electron chi connectivity index (χ0n) is 17.6. The van der Waals surface area contributed by atoms with Gasteiger partial charge in [0.25, 0.3) is 0 Å². The van der Waals surface area contributed by atoms with Crippen LogP contribution < -0.4 is 5.32 Å². The zero-order chi connectivity index (χ0) is 23.4. The molecule has 1 amide bonds. The van der Waals surface area contributed by atoms with E-state index < -0.39 is 17.6 Å². The van der Waals surface area contributed by atoms with E-state index in [9.17, 15) is 18.0 Å². The fourth-order valence-corrected chi connectivity index (χ4v) is 3.43. The number of alkyl halides is 3. The van der Waals surface area contributed by atoms with E-state index in [1.165, 1.54) is 24.4 Å². The van der Waals surface area contributed by atoms with Gasteiger partial charge in [-0.2, -0.15) is 13.2 Å². The van der Waals surface area contributed by atoms with Crippen molar-refractivity contribution in [1.29, 1.82) is 0 Å². The average Bonchev–Trinajstić information content (AvgIpc) is 2.79. The third-order valence-corrected chi connectivity index (χ3v) is 4.95. The van der Waals surface area contributed by atoms with E-state index in [0.29, 0.717) is 17.1 Å². The van der Waals surface area contributed by atoms with Crippen LogP contribution in [0.15, 0.2) is 79.3 Å². The number of rotatable bonds is 5. The molecule has 1 aromatic carbocycles. The summed E-state index contributed by atoms with van der Waals surface area (Å²) in [6.45, 7) is 1.71. The molecule has 8 heteroatoms. The first-order chi connectivity index (χ1) is 15.8. The summed E-state index contributed by atoms with van der Waals surface area (Å²) in [5.74, 6) is -0.159. The van der Waals surface area contributed by atoms with Gasteiger partial charge in [-0.05, 0) is 66.1 Å². The number of hydrogen-bond donors (Lipinski definition) is 1. The van der Waals surface area contributed by atoms with Crippen LogP contribution in [-0.2, 0) is 17.4 Å². The van der Waals surface area contributed by atoms with Crippen LogP contribution in [-0.4, -0.2) is 20.9 Å². The fraction of sp³-hybridized carbons (Fsp3) is 0.120. The third-order valence-electron chi connectivity index (χ3n) is 4.95. The topological polar surface area (TPSA) is 67.8 Å². The summed E-state index contributed by atoms with van der Waals surface area (Å²) >= 11 is 0. The lowest BCUT2D eigenvalue weighted by Gasteiger charge is -2.15. The van der Waals surface area contributed by atoms with Crippen molar-refractivity contribution >= 4 is 11.7 Å². The predicted molar refractivity (Wildman–Crippen MR) is 119 cm³/mol. The van der Waals surface area contributed by atoms with Crippen molar-refractivity contribution < 1.29 is 18.0 Å². The number of halogens is 3. The summed E-state index contributed by atoms with van der Waals surface area (Å²) in [5.41, 5.74) is 2.06. The van der Waals surface area contributed by atoms with Crippen LogP contribution in [0.25, 0.3) is 22.4 Å². The Bertz CT molecular complexity index is 1270. The van der Waals surface area contributed by atoms with Gasteiger partial charge in [-0.3, -0.25) is 14.8 Å². The number of carbonyl (C=O) groups excluding carboxylic acids is 1. The highest BCUT2D eigenvalue weighted by Crippen LogP contribution is 2.38. The molecule has 1 N–H and O–H groups in total. The zero-order valence-corrected chi connectivity index (χ0v) is 17.6. The molecule has 3 heterocycles. The number of anilines is 1. The van der Waals surface area contributed by atoms with Crippen LogP contribution in [0.2, 0.25) is 0 Å². The van der Waals surface area contributed by atoms with E-state index in [1.54, 1.807) is 43.6 Å². The van der Waals surface area contributed by atoms with Crippen LogP contribution in [0.1, 0.15) is 16.8 Å². The van der Waals surface area contributed by atoms with Gasteiger partial charge in [-0.15, -0.1) is 0 Å². The van der Waals surface area contributed by atoms with Gasteiger partial charge >= 0.3 is 6.18 Å². The molecule has 5 nitrogen and oxygen atoms in total. The molecule has 0 fully saturated rings. The number of pyridine rings is 3. The standard InChI is InChI=1S/C25H19F3N4O/c1-16-12-18(9-11-29-16)20-7-5-17(13-21(20)25(26,27)28)14-24(33)32-23-8-6-19(15-31-23)22-4-2-3-10-30-22/h2-13,15H,14H2,1H3,(H,31,32,33). The number of aromatic nitrogens is 3. The SMILES string of the molecule is Cc1cc(-c2ccc(CC(=O)Nc3ccc(-c4ccccn4)cn3)cc2C(F)(F)F)ccn1. The van der Waals surface area contributed by atoms with E-state index in [-0.39, 0.29) is 17.5 Å². The third kappa shape index (κ3) is 5.41. The molecule has 0 aliphatic rings. The molecular weight excluding hydrogens is 429 g/mol. The number of amides is 1. The first-order valence-electron chi connectivity index (χ1n) is 10.1. The maximum Gasteiger partial charge on any atom is 0.417 e. The predicted octanol–water partition coefficient (Wildman–Crippen LogP) is 5.71. The highest BCUT2D eigenvalue weighted by Gasteiger charge is 2.34. The van der Waals surface area contributed by atoms with Crippen LogP contribution in [0.3, 0.4) is 0 Å². The van der Waals surface area contributed by atoms with E-state index in [1.807, 2.05) is 12.1 Å². The fourth-order valence-electron chi connectivity index (χ4n) is 3.43. The molecular formula is C25H19F3N4O. The Labute approximate surface area is 188 Å². The first-order valence-corrected chi connectivity index (χ1v) is 10.1. The molecule has 166 valence electrons. The van der Waals surface area contributed by atoms with Crippen molar-refractivity contribution in [1.82, 2.24) is 15.0 Å². The minimum atomic E-state index is -4.57. The second-order valence-electron chi connectivity index (χ2n) is 7.44. The number of aryl methyl sites for hydroxylation is 1. The minimum Gasteiger partial charge on any atom is -0.310 e. The molecule has 0 aliphatic heterocycles. The number of benzene rings is 1. The molecule has 0 spiro atoms. The molecule has 0 radical (unpaired) electrons. The van der Waals surface area contributed by atoms with Crippen molar-refractivity contribution in [2.45, 2.75) is 19.5 Å². The van der Waals surface area contributed by atoms with E-state index >= 15 is 0 Å². The summed E-state index contributed by atoms with van der Waals surface area (Å²) in [7, 11) is 0. The molecule has 0 saturated heterocycles. The van der Waals surface area contributed by atoms with Crippen LogP contribution in [0.4, 0.5) is 19.0 Å². The van der Waals surface area contributed by atoms with Gasteiger partial charge in [0, 0.05) is 29.8 Å². The van der Waals surface area contributed by atoms with Crippen LogP contribution >= 0.6 is 0 Å².